The average Bonchev–Trinajstić information content (AvgIpc) is 2.86. The van der Waals surface area contributed by atoms with Crippen molar-refractivity contribution in [2.75, 3.05) is 12.4 Å². The van der Waals surface area contributed by atoms with Crippen LogP contribution < -0.4 is 15.4 Å². The summed E-state index contributed by atoms with van der Waals surface area (Å²) in [5.74, 6) is 0.841. The molecule has 0 unspecified atom stereocenters. The van der Waals surface area contributed by atoms with Gasteiger partial charge in [0.15, 0.2) is 0 Å². The Kier molecular flexibility index (Phi) is 5.25. The van der Waals surface area contributed by atoms with Gasteiger partial charge >= 0.3 is 0 Å². The van der Waals surface area contributed by atoms with Gasteiger partial charge in [-0.2, -0.15) is 0 Å². The zero-order chi connectivity index (χ0) is 16.6. The monoisotopic (exact) mass is 316 g/mol. The van der Waals surface area contributed by atoms with Crippen molar-refractivity contribution >= 4 is 11.4 Å². The predicted molar refractivity (Wildman–Crippen MR) is 98.4 cm³/mol. The number of anilines is 2. The highest BCUT2D eigenvalue weighted by Gasteiger charge is 1.98. The zero-order valence-corrected chi connectivity index (χ0v) is 13.6. The molecule has 0 bridgehead atoms. The molecule has 120 valence electrons. The Hall–Kier alpha value is -3.07. The van der Waals surface area contributed by atoms with Gasteiger partial charge in [0.25, 0.3) is 0 Å². The van der Waals surface area contributed by atoms with Gasteiger partial charge in [-0.25, -0.2) is 0 Å². The maximum absolute atomic E-state index is 5.20. The number of hydrogen-bond donors (Lipinski definition) is 1. The molecule has 0 fully saturated rings. The Bertz CT molecular complexity index is 843. The minimum Gasteiger partial charge on any atom is -0.497 e. The molecule has 0 spiro atoms. The van der Waals surface area contributed by atoms with Crippen molar-refractivity contribution in [1.82, 2.24) is 0 Å². The van der Waals surface area contributed by atoms with Crippen molar-refractivity contribution < 1.29 is 4.74 Å². The van der Waals surface area contributed by atoms with E-state index in [0.29, 0.717) is 6.54 Å². The first-order chi connectivity index (χ1) is 11.8. The van der Waals surface area contributed by atoms with E-state index >= 15 is 0 Å². The number of nitrogens with one attached hydrogen (secondary N) is 1. The number of benzene rings is 2. The first-order valence-electron chi connectivity index (χ1n) is 7.90. The number of nitrogens with zero attached hydrogens (tertiary/aromatic N) is 1. The number of ether oxygens (including phenoxy) is 1. The van der Waals surface area contributed by atoms with Gasteiger partial charge in [-0.05, 0) is 42.0 Å². The summed E-state index contributed by atoms with van der Waals surface area (Å²) < 4.78 is 5.20. The van der Waals surface area contributed by atoms with Gasteiger partial charge < -0.3 is 10.1 Å². The topological polar surface area (TPSA) is 33.6 Å². The number of rotatable bonds is 5. The fourth-order valence-corrected chi connectivity index (χ4v) is 2.37. The third-order valence-corrected chi connectivity index (χ3v) is 3.66. The third kappa shape index (κ3) is 4.23. The molecule has 0 atom stereocenters. The van der Waals surface area contributed by atoms with Crippen LogP contribution in [0.1, 0.15) is 5.56 Å². The van der Waals surface area contributed by atoms with Crippen LogP contribution in [0.5, 0.6) is 5.75 Å². The Balaban J connectivity index is 1.88. The minimum absolute atomic E-state index is 0.655. The Morgan fingerprint density at radius 1 is 0.792 bits per heavy atom. The van der Waals surface area contributed by atoms with Gasteiger partial charge in [-0.15, -0.1) is 0 Å². The Morgan fingerprint density at radius 3 is 2.17 bits per heavy atom. The fourth-order valence-electron chi connectivity index (χ4n) is 2.37. The van der Waals surface area contributed by atoms with E-state index in [1.165, 1.54) is 5.56 Å². The molecule has 0 radical (unpaired) electrons. The van der Waals surface area contributed by atoms with Gasteiger partial charge in [0.05, 0.1) is 24.7 Å². The van der Waals surface area contributed by atoms with Crippen LogP contribution in [-0.4, -0.2) is 7.11 Å². The predicted octanol–water partition coefficient (Wildman–Crippen LogP) is 4.54. The normalized spacial score (nSPS) is 11.1. The molecular weight excluding hydrogens is 296 g/mol. The van der Waals surface area contributed by atoms with Crippen LogP contribution in [0.4, 0.5) is 11.4 Å². The van der Waals surface area contributed by atoms with Crippen LogP contribution in [0.2, 0.25) is 0 Å². The highest BCUT2D eigenvalue weighted by Crippen LogP contribution is 2.17. The van der Waals surface area contributed by atoms with Crippen LogP contribution in [0.3, 0.4) is 0 Å². The van der Waals surface area contributed by atoms with E-state index in [9.17, 15) is 0 Å². The lowest BCUT2D eigenvalue weighted by molar-refractivity contribution is 0.415. The van der Waals surface area contributed by atoms with Crippen molar-refractivity contribution in [2.45, 2.75) is 6.54 Å². The molecule has 0 saturated carbocycles. The summed E-state index contributed by atoms with van der Waals surface area (Å²) in [5, 5.41) is 4.36. The molecule has 24 heavy (non-hydrogen) atoms. The molecule has 3 nitrogen and oxygen atoms in total. The van der Waals surface area contributed by atoms with Crippen molar-refractivity contribution in [3.8, 4) is 5.75 Å². The molecule has 0 amide bonds. The molecule has 0 aliphatic rings. The average molecular weight is 316 g/mol. The van der Waals surface area contributed by atoms with Gasteiger partial charge in [0.1, 0.15) is 5.75 Å². The fraction of sp³-hybridized carbons (Fsp3) is 0.0952. The maximum Gasteiger partial charge on any atom is 0.119 e. The van der Waals surface area contributed by atoms with Crippen LogP contribution >= 0.6 is 0 Å². The molecule has 3 rings (SSSR count). The number of hydrogen-bond acceptors (Lipinski definition) is 3. The second-order valence-electron chi connectivity index (χ2n) is 5.36. The van der Waals surface area contributed by atoms with Crippen molar-refractivity contribution in [3.05, 3.63) is 95.8 Å². The summed E-state index contributed by atoms with van der Waals surface area (Å²) in [6.07, 6.45) is 0. The number of methoxy groups -OCH3 is 1. The summed E-state index contributed by atoms with van der Waals surface area (Å²) in [6, 6.07) is 28.2. The molecule has 0 heterocycles. The Labute approximate surface area is 142 Å². The molecule has 0 saturated heterocycles. The summed E-state index contributed by atoms with van der Waals surface area (Å²) in [7, 11) is 1.67. The zero-order valence-electron chi connectivity index (χ0n) is 13.6. The molecule has 3 heteroatoms. The van der Waals surface area contributed by atoms with E-state index in [2.05, 4.69) is 17.4 Å². The van der Waals surface area contributed by atoms with Crippen molar-refractivity contribution in [1.29, 1.82) is 0 Å². The van der Waals surface area contributed by atoms with Gasteiger partial charge in [0, 0.05) is 5.69 Å². The van der Waals surface area contributed by atoms with Gasteiger partial charge in [0.2, 0.25) is 0 Å². The van der Waals surface area contributed by atoms with E-state index in [1.807, 2.05) is 72.8 Å². The summed E-state index contributed by atoms with van der Waals surface area (Å²) >= 11 is 0. The van der Waals surface area contributed by atoms with Crippen LogP contribution in [-0.2, 0) is 6.54 Å². The molecule has 3 aromatic carbocycles. The van der Waals surface area contributed by atoms with E-state index < -0.39 is 0 Å². The third-order valence-electron chi connectivity index (χ3n) is 3.66. The van der Waals surface area contributed by atoms with E-state index in [4.69, 9.17) is 9.73 Å². The first kappa shape index (κ1) is 15.8. The lowest BCUT2D eigenvalue weighted by atomic mass is 10.2. The lowest BCUT2D eigenvalue weighted by Gasteiger charge is -2.07. The Morgan fingerprint density at radius 2 is 1.46 bits per heavy atom. The van der Waals surface area contributed by atoms with E-state index in [1.54, 1.807) is 7.11 Å². The standard InChI is InChI=1S/C21H20N2O/c1-24-19-14-12-18(13-15-19)23-21-11-7-3-6-10-20(21)22-16-17-8-4-2-5-9-17/h2-15H,16H2,1H3,(H,22,23). The highest BCUT2D eigenvalue weighted by molar-refractivity contribution is 5.59. The highest BCUT2D eigenvalue weighted by atomic mass is 16.5. The molecule has 0 aliphatic heterocycles. The van der Waals surface area contributed by atoms with Crippen molar-refractivity contribution in [3.63, 3.8) is 0 Å². The van der Waals surface area contributed by atoms with E-state index in [0.717, 1.165) is 22.5 Å². The maximum atomic E-state index is 5.20. The summed E-state index contributed by atoms with van der Waals surface area (Å²) in [6.45, 7) is 0.655. The largest absolute Gasteiger partial charge is 0.497 e. The molecule has 1 N–H and O–H groups in total. The second-order valence-corrected chi connectivity index (χ2v) is 5.36. The van der Waals surface area contributed by atoms with Crippen molar-refractivity contribution in [2.24, 2.45) is 4.99 Å². The lowest BCUT2D eigenvalue weighted by Crippen LogP contribution is -2.07. The van der Waals surface area contributed by atoms with Crippen LogP contribution in [0.15, 0.2) is 89.9 Å². The van der Waals surface area contributed by atoms with Gasteiger partial charge in [-0.1, -0.05) is 48.5 Å². The van der Waals surface area contributed by atoms with Gasteiger partial charge in [-0.3, -0.25) is 4.99 Å². The molecule has 0 aromatic heterocycles. The summed E-state index contributed by atoms with van der Waals surface area (Å²) in [5.41, 5.74) is 3.17. The SMILES string of the molecule is COc1ccc(Nc2cccccc2=NCc2ccccc2)cc1. The van der Waals surface area contributed by atoms with E-state index in [-0.39, 0.29) is 0 Å². The first-order valence-corrected chi connectivity index (χ1v) is 7.90. The quantitative estimate of drug-likeness (QED) is 0.750. The second kappa shape index (κ2) is 7.97. The van der Waals surface area contributed by atoms with Crippen LogP contribution in [0.25, 0.3) is 0 Å². The molecule has 0 aliphatic carbocycles. The van der Waals surface area contributed by atoms with Crippen LogP contribution in [0, 0.1) is 0 Å². The molecular formula is C21H20N2O. The smallest absolute Gasteiger partial charge is 0.119 e. The molecule has 3 aromatic rings. The summed E-state index contributed by atoms with van der Waals surface area (Å²) in [4.78, 5) is 4.76. The minimum atomic E-state index is 0.655.